The molecule has 0 aliphatic heterocycles. The zero-order valence-corrected chi connectivity index (χ0v) is 14.6. The van der Waals surface area contributed by atoms with Crippen molar-refractivity contribution in [3.8, 4) is 0 Å². The first-order valence-electron chi connectivity index (χ1n) is 6.43. The highest BCUT2D eigenvalue weighted by Crippen LogP contribution is 2.26. The number of rotatable bonds is 7. The van der Waals surface area contributed by atoms with Gasteiger partial charge >= 0.3 is 5.97 Å². The summed E-state index contributed by atoms with van der Waals surface area (Å²) in [7, 11) is 0.164. The predicted octanol–water partition coefficient (Wildman–Crippen LogP) is 1.62. The normalized spacial score (nSPS) is 12.9. The number of carboxylic acid groups (broad SMARTS) is 1. The molecule has 0 radical (unpaired) electrons. The lowest BCUT2D eigenvalue weighted by molar-refractivity contribution is 0.0702. The van der Waals surface area contributed by atoms with Crippen molar-refractivity contribution in [1.29, 1.82) is 0 Å². The number of aryl methyl sites for hydroxylation is 1. The molecule has 120 valence electrons. The summed E-state index contributed by atoms with van der Waals surface area (Å²) in [6.07, 6.45) is 0. The molecule has 0 saturated heterocycles. The minimum absolute atomic E-state index is 0.0282. The third-order valence-corrected chi connectivity index (χ3v) is 5.55. The Hall–Kier alpha value is -0.960. The van der Waals surface area contributed by atoms with Crippen molar-refractivity contribution < 1.29 is 18.3 Å². The minimum atomic E-state index is -3.69. The highest BCUT2D eigenvalue weighted by Gasteiger charge is 2.26. The van der Waals surface area contributed by atoms with Crippen LogP contribution in [0.3, 0.4) is 0 Å². The maximum absolute atomic E-state index is 12.3. The number of nitrogens with zero attached hydrogens (tertiary/aromatic N) is 1. The number of hydrogen-bond acceptors (Lipinski definition) is 5. The van der Waals surface area contributed by atoms with Gasteiger partial charge in [-0.2, -0.15) is 0 Å². The summed E-state index contributed by atoms with van der Waals surface area (Å²) in [6.45, 7) is 6.57. The molecule has 8 heteroatoms. The van der Waals surface area contributed by atoms with Crippen LogP contribution in [0.5, 0.6) is 0 Å². The Kier molecular flexibility index (Phi) is 5.54. The Morgan fingerprint density at radius 2 is 2.00 bits per heavy atom. The fourth-order valence-corrected chi connectivity index (χ4v) is 4.79. The molecule has 0 spiro atoms. The van der Waals surface area contributed by atoms with E-state index >= 15 is 0 Å². The summed E-state index contributed by atoms with van der Waals surface area (Å²) in [4.78, 5) is 13.5. The molecule has 0 aliphatic rings. The summed E-state index contributed by atoms with van der Waals surface area (Å²) in [5, 5.41) is 8.94. The van der Waals surface area contributed by atoms with E-state index in [-0.39, 0.29) is 21.7 Å². The average molecular weight is 334 g/mol. The maximum atomic E-state index is 12.3. The molecule has 2 N–H and O–H groups in total. The highest BCUT2D eigenvalue weighted by atomic mass is 32.2. The van der Waals surface area contributed by atoms with Crippen molar-refractivity contribution >= 4 is 27.3 Å². The molecule has 1 aromatic heterocycles. The van der Waals surface area contributed by atoms with Gasteiger partial charge in [-0.25, -0.2) is 17.9 Å². The zero-order chi connectivity index (χ0) is 16.4. The zero-order valence-electron chi connectivity index (χ0n) is 12.9. The molecule has 1 heterocycles. The Morgan fingerprint density at radius 1 is 1.43 bits per heavy atom. The Morgan fingerprint density at radius 3 is 2.43 bits per heavy atom. The van der Waals surface area contributed by atoms with Crippen LogP contribution < -0.4 is 4.72 Å². The van der Waals surface area contributed by atoms with Crippen LogP contribution >= 0.6 is 11.3 Å². The van der Waals surface area contributed by atoms with Crippen LogP contribution in [-0.4, -0.2) is 51.6 Å². The van der Waals surface area contributed by atoms with Crippen molar-refractivity contribution in [2.45, 2.75) is 25.7 Å². The summed E-state index contributed by atoms with van der Waals surface area (Å²) in [6, 6.07) is 1.21. The first-order valence-corrected chi connectivity index (χ1v) is 8.73. The number of hydrogen-bond donors (Lipinski definition) is 2. The SMILES string of the molecule is Cc1sc(C(=O)O)cc1S(=O)(=O)NCC(C)(C)CN(C)C. The van der Waals surface area contributed by atoms with Gasteiger partial charge < -0.3 is 10.0 Å². The number of aromatic carboxylic acids is 1. The number of nitrogens with one attached hydrogen (secondary N) is 1. The topological polar surface area (TPSA) is 86.7 Å². The van der Waals surface area contributed by atoms with Crippen molar-refractivity contribution in [2.24, 2.45) is 5.41 Å². The van der Waals surface area contributed by atoms with Crippen LogP contribution in [0.2, 0.25) is 0 Å². The van der Waals surface area contributed by atoms with E-state index < -0.39 is 16.0 Å². The monoisotopic (exact) mass is 334 g/mol. The van der Waals surface area contributed by atoms with Crippen LogP contribution in [-0.2, 0) is 10.0 Å². The average Bonchev–Trinajstić information content (AvgIpc) is 2.68. The number of carbonyl (C=O) groups is 1. The van der Waals surface area contributed by atoms with Gasteiger partial charge in [0.05, 0.1) is 4.90 Å². The minimum Gasteiger partial charge on any atom is -0.477 e. The van der Waals surface area contributed by atoms with Crippen LogP contribution in [0.4, 0.5) is 0 Å². The van der Waals surface area contributed by atoms with Gasteiger partial charge in [0.25, 0.3) is 0 Å². The van der Waals surface area contributed by atoms with E-state index in [1.807, 2.05) is 32.8 Å². The molecule has 21 heavy (non-hydrogen) atoms. The Balaban J connectivity index is 2.90. The van der Waals surface area contributed by atoms with E-state index in [0.29, 0.717) is 4.88 Å². The van der Waals surface area contributed by atoms with Gasteiger partial charge in [-0.05, 0) is 32.5 Å². The standard InChI is InChI=1S/C13H22N2O4S2/c1-9-11(6-10(20-9)12(16)17)21(18,19)14-7-13(2,3)8-15(4)5/h6,14H,7-8H2,1-5H3,(H,16,17). The second-order valence-electron chi connectivity index (χ2n) is 6.06. The number of thiophene rings is 1. The fourth-order valence-electron chi connectivity index (χ4n) is 2.12. The lowest BCUT2D eigenvalue weighted by atomic mass is 9.93. The van der Waals surface area contributed by atoms with Gasteiger partial charge in [-0.15, -0.1) is 11.3 Å². The quantitative estimate of drug-likeness (QED) is 0.791. The molecule has 0 aliphatic carbocycles. The second kappa shape index (κ2) is 6.43. The van der Waals surface area contributed by atoms with E-state index in [1.54, 1.807) is 6.92 Å². The molecule has 0 saturated carbocycles. The lowest BCUT2D eigenvalue weighted by Crippen LogP contribution is -2.40. The Labute approximate surface area is 129 Å². The third kappa shape index (κ3) is 5.06. The molecule has 1 rings (SSSR count). The fraction of sp³-hybridized carbons (Fsp3) is 0.615. The van der Waals surface area contributed by atoms with Crippen molar-refractivity contribution in [2.75, 3.05) is 27.2 Å². The number of sulfonamides is 1. The molecule has 1 aromatic rings. The van der Waals surface area contributed by atoms with Crippen molar-refractivity contribution in [3.05, 3.63) is 15.8 Å². The van der Waals surface area contributed by atoms with Gasteiger partial charge in [0.15, 0.2) is 0 Å². The van der Waals surface area contributed by atoms with Crippen LogP contribution in [0.1, 0.15) is 28.4 Å². The molecule has 6 nitrogen and oxygen atoms in total. The van der Waals surface area contributed by atoms with E-state index in [4.69, 9.17) is 5.11 Å². The largest absolute Gasteiger partial charge is 0.477 e. The predicted molar refractivity (Wildman–Crippen MR) is 83.5 cm³/mol. The first kappa shape index (κ1) is 18.1. The van der Waals surface area contributed by atoms with Gasteiger partial charge in [-0.1, -0.05) is 13.8 Å². The van der Waals surface area contributed by atoms with Gasteiger partial charge in [0.2, 0.25) is 10.0 Å². The summed E-state index contributed by atoms with van der Waals surface area (Å²) >= 11 is 0.966. The summed E-state index contributed by atoms with van der Waals surface area (Å²) < 4.78 is 27.2. The van der Waals surface area contributed by atoms with Crippen molar-refractivity contribution in [3.63, 3.8) is 0 Å². The first-order chi connectivity index (χ1) is 9.44. The van der Waals surface area contributed by atoms with E-state index in [9.17, 15) is 13.2 Å². The van der Waals surface area contributed by atoms with Gasteiger partial charge in [0.1, 0.15) is 4.88 Å². The molecular formula is C13H22N2O4S2. The van der Waals surface area contributed by atoms with E-state index in [1.165, 1.54) is 6.07 Å². The van der Waals surface area contributed by atoms with Crippen LogP contribution in [0.25, 0.3) is 0 Å². The Bertz CT molecular complexity index is 618. The molecular weight excluding hydrogens is 312 g/mol. The van der Waals surface area contributed by atoms with E-state index in [0.717, 1.165) is 17.9 Å². The second-order valence-corrected chi connectivity index (χ2v) is 9.05. The lowest BCUT2D eigenvalue weighted by Gasteiger charge is -2.28. The molecule has 0 unspecified atom stereocenters. The smallest absolute Gasteiger partial charge is 0.345 e. The maximum Gasteiger partial charge on any atom is 0.345 e. The number of carboxylic acids is 1. The van der Waals surface area contributed by atoms with Crippen molar-refractivity contribution in [1.82, 2.24) is 9.62 Å². The molecule has 0 atom stereocenters. The molecule has 0 aromatic carbocycles. The van der Waals surface area contributed by atoms with Crippen LogP contribution in [0.15, 0.2) is 11.0 Å². The van der Waals surface area contributed by atoms with Gasteiger partial charge in [0, 0.05) is 18.0 Å². The molecule has 0 bridgehead atoms. The van der Waals surface area contributed by atoms with E-state index in [2.05, 4.69) is 4.72 Å². The summed E-state index contributed by atoms with van der Waals surface area (Å²) in [5.41, 5.74) is -0.226. The summed E-state index contributed by atoms with van der Waals surface area (Å²) in [5.74, 6) is -1.11. The molecule has 0 amide bonds. The highest BCUT2D eigenvalue weighted by molar-refractivity contribution is 7.89. The molecule has 0 fully saturated rings. The van der Waals surface area contributed by atoms with Crippen LogP contribution in [0, 0.1) is 12.3 Å². The third-order valence-electron chi connectivity index (χ3n) is 2.86. The van der Waals surface area contributed by atoms with Gasteiger partial charge in [-0.3, -0.25) is 0 Å².